The molecule has 3 aromatic heterocycles. The zero-order chi connectivity index (χ0) is 34.5. The Labute approximate surface area is 304 Å². The van der Waals surface area contributed by atoms with Crippen molar-refractivity contribution in [1.29, 1.82) is 0 Å². The number of hydrogen-bond donors (Lipinski definition) is 0. The highest BCUT2D eigenvalue weighted by Gasteiger charge is 2.25. The molecule has 244 valence electrons. The normalized spacial score (nSPS) is 12.0. The third-order valence-corrected chi connectivity index (χ3v) is 12.1. The average Bonchev–Trinajstić information content (AvgIpc) is 3.74. The van der Waals surface area contributed by atoms with Gasteiger partial charge < -0.3 is 0 Å². The van der Waals surface area contributed by atoms with E-state index in [1.165, 1.54) is 70.0 Å². The van der Waals surface area contributed by atoms with E-state index in [9.17, 15) is 0 Å². The quantitative estimate of drug-likeness (QED) is 0.174. The van der Waals surface area contributed by atoms with E-state index < -0.39 is 0 Å². The van der Waals surface area contributed by atoms with Crippen molar-refractivity contribution in [3.05, 3.63) is 163 Å². The fraction of sp³-hybridized carbons (Fsp3) is 0.0417. The third-order valence-electron chi connectivity index (χ3n) is 10.9. The Kier molecular flexibility index (Phi) is 6.25. The lowest BCUT2D eigenvalue weighted by Gasteiger charge is -2.18. The maximum Gasteiger partial charge on any atom is 0.235 e. The van der Waals surface area contributed by atoms with Crippen LogP contribution in [0.4, 0.5) is 0 Å². The highest BCUT2D eigenvalue weighted by molar-refractivity contribution is 7.26. The molecule has 4 heteroatoms. The number of aryl methyl sites for hydroxylation is 2. The molecular formula is C48H31N3S. The Morgan fingerprint density at radius 2 is 1.21 bits per heavy atom. The van der Waals surface area contributed by atoms with Crippen LogP contribution in [0.5, 0.6) is 0 Å². The van der Waals surface area contributed by atoms with Gasteiger partial charge in [0.2, 0.25) is 5.95 Å². The molecule has 0 atom stereocenters. The van der Waals surface area contributed by atoms with Gasteiger partial charge in [-0.2, -0.15) is 0 Å². The van der Waals surface area contributed by atoms with Crippen molar-refractivity contribution >= 4 is 85.8 Å². The van der Waals surface area contributed by atoms with Crippen molar-refractivity contribution in [3.63, 3.8) is 0 Å². The standard InChI is InChI=1S/C48H31N3S/c1-28-13-3-5-15-33(28)42-29(2)34-16-7-8-18-37(34)43-38-19-9-11-21-40(38)51(46(42)43)48-49-44(47-45(50-48)39-20-10-12-22-41(39)52-47)32-25-26-36-31(27-32)24-23-30-14-4-6-17-35(30)36/h3-27H,1-2H3. The lowest BCUT2D eigenvalue weighted by Crippen LogP contribution is -2.04. The highest BCUT2D eigenvalue weighted by atomic mass is 32.1. The number of fused-ring (bicyclic) bond motifs is 11. The summed E-state index contributed by atoms with van der Waals surface area (Å²) in [5.74, 6) is 0.681. The van der Waals surface area contributed by atoms with Gasteiger partial charge in [-0.15, -0.1) is 11.3 Å². The molecule has 8 aromatic carbocycles. The lowest BCUT2D eigenvalue weighted by atomic mass is 9.89. The molecule has 0 aliphatic carbocycles. The minimum Gasteiger partial charge on any atom is -0.277 e. The van der Waals surface area contributed by atoms with Crippen molar-refractivity contribution in [3.8, 4) is 28.3 Å². The first-order valence-corrected chi connectivity index (χ1v) is 18.6. The number of thiophene rings is 1. The molecule has 11 rings (SSSR count). The molecule has 11 aromatic rings. The van der Waals surface area contributed by atoms with Crippen LogP contribution in [0, 0.1) is 13.8 Å². The van der Waals surface area contributed by atoms with Crippen molar-refractivity contribution in [2.45, 2.75) is 13.8 Å². The molecule has 0 aliphatic heterocycles. The van der Waals surface area contributed by atoms with Crippen molar-refractivity contribution in [1.82, 2.24) is 14.5 Å². The first-order valence-electron chi connectivity index (χ1n) is 17.8. The zero-order valence-electron chi connectivity index (χ0n) is 28.7. The number of aromatic nitrogens is 3. The predicted molar refractivity (Wildman–Crippen MR) is 222 cm³/mol. The maximum atomic E-state index is 5.61. The van der Waals surface area contributed by atoms with Gasteiger partial charge in [0.15, 0.2) is 0 Å². The van der Waals surface area contributed by atoms with Gasteiger partial charge in [-0.05, 0) is 81.1 Å². The van der Waals surface area contributed by atoms with Gasteiger partial charge in [0.25, 0.3) is 0 Å². The molecule has 0 saturated heterocycles. The maximum absolute atomic E-state index is 5.61. The Morgan fingerprint density at radius 1 is 0.538 bits per heavy atom. The van der Waals surface area contributed by atoms with Gasteiger partial charge >= 0.3 is 0 Å². The van der Waals surface area contributed by atoms with E-state index in [0.717, 1.165) is 37.9 Å². The summed E-state index contributed by atoms with van der Waals surface area (Å²) < 4.78 is 4.66. The summed E-state index contributed by atoms with van der Waals surface area (Å²) in [5.41, 5.74) is 10.2. The summed E-state index contributed by atoms with van der Waals surface area (Å²) in [7, 11) is 0. The Bertz CT molecular complexity index is 3270. The summed E-state index contributed by atoms with van der Waals surface area (Å²) in [6, 6.07) is 54.9. The van der Waals surface area contributed by atoms with Gasteiger partial charge in [0.1, 0.15) is 0 Å². The zero-order valence-corrected chi connectivity index (χ0v) is 29.5. The van der Waals surface area contributed by atoms with E-state index in [-0.39, 0.29) is 0 Å². The van der Waals surface area contributed by atoms with Gasteiger partial charge in [0, 0.05) is 32.0 Å². The van der Waals surface area contributed by atoms with Crippen LogP contribution in [0.1, 0.15) is 11.1 Å². The van der Waals surface area contributed by atoms with E-state index >= 15 is 0 Å². The van der Waals surface area contributed by atoms with Crippen molar-refractivity contribution in [2.75, 3.05) is 0 Å². The third kappa shape index (κ3) is 4.13. The molecule has 0 saturated carbocycles. The summed E-state index contributed by atoms with van der Waals surface area (Å²) in [4.78, 5) is 11.1. The smallest absolute Gasteiger partial charge is 0.235 e. The second kappa shape index (κ2) is 11.1. The van der Waals surface area contributed by atoms with Gasteiger partial charge in [-0.3, -0.25) is 4.57 Å². The molecule has 3 nitrogen and oxygen atoms in total. The van der Waals surface area contributed by atoms with Crippen LogP contribution in [-0.4, -0.2) is 14.5 Å². The summed E-state index contributed by atoms with van der Waals surface area (Å²) in [6.45, 7) is 4.48. The lowest BCUT2D eigenvalue weighted by molar-refractivity contribution is 1.02. The topological polar surface area (TPSA) is 30.7 Å². The Balaban J connectivity index is 1.31. The van der Waals surface area contributed by atoms with Crippen LogP contribution in [0.2, 0.25) is 0 Å². The Hall–Kier alpha value is -6.36. The molecule has 0 aliphatic rings. The minimum atomic E-state index is 0.681. The molecule has 0 radical (unpaired) electrons. The van der Waals surface area contributed by atoms with Crippen LogP contribution in [0.3, 0.4) is 0 Å². The number of benzene rings is 8. The van der Waals surface area contributed by atoms with Gasteiger partial charge in [0.05, 0.1) is 26.9 Å². The van der Waals surface area contributed by atoms with Crippen LogP contribution in [-0.2, 0) is 0 Å². The molecule has 0 fully saturated rings. The first-order chi connectivity index (χ1) is 25.6. The summed E-state index contributed by atoms with van der Waals surface area (Å²) >= 11 is 1.78. The molecule has 0 unspecified atom stereocenters. The number of rotatable bonds is 3. The van der Waals surface area contributed by atoms with E-state index in [1.807, 2.05) is 0 Å². The summed E-state index contributed by atoms with van der Waals surface area (Å²) in [6.07, 6.45) is 0. The van der Waals surface area contributed by atoms with Crippen LogP contribution >= 0.6 is 11.3 Å². The second-order valence-electron chi connectivity index (χ2n) is 13.8. The van der Waals surface area contributed by atoms with Crippen molar-refractivity contribution in [2.24, 2.45) is 0 Å². The largest absolute Gasteiger partial charge is 0.277 e. The SMILES string of the molecule is Cc1ccccc1-c1c(C)c2ccccc2c2c3ccccc3n(-c3nc(-c4ccc5c(ccc6ccccc65)c4)c4sc5ccccc5c4n3)c12. The first kappa shape index (κ1) is 29.4. The molecule has 52 heavy (non-hydrogen) atoms. The van der Waals surface area contributed by atoms with Crippen molar-refractivity contribution < 1.29 is 0 Å². The fourth-order valence-corrected chi connectivity index (χ4v) is 9.67. The van der Waals surface area contributed by atoms with Crippen LogP contribution < -0.4 is 0 Å². The second-order valence-corrected chi connectivity index (χ2v) is 14.9. The van der Waals surface area contributed by atoms with Gasteiger partial charge in [-0.25, -0.2) is 9.97 Å². The molecule has 0 spiro atoms. The van der Waals surface area contributed by atoms with Gasteiger partial charge in [-0.1, -0.05) is 133 Å². The van der Waals surface area contributed by atoms with E-state index in [1.54, 1.807) is 11.3 Å². The predicted octanol–water partition coefficient (Wildman–Crippen LogP) is 13.4. The average molecular weight is 682 g/mol. The highest BCUT2D eigenvalue weighted by Crippen LogP contribution is 2.46. The molecule has 0 bridgehead atoms. The minimum absolute atomic E-state index is 0.681. The summed E-state index contributed by atoms with van der Waals surface area (Å²) in [5, 5.41) is 11.0. The van der Waals surface area contributed by atoms with Crippen LogP contribution in [0.25, 0.3) is 103 Å². The monoisotopic (exact) mass is 681 g/mol. The molecule has 3 heterocycles. The number of nitrogens with zero attached hydrogens (tertiary/aromatic N) is 3. The fourth-order valence-electron chi connectivity index (χ4n) is 8.52. The van der Waals surface area contributed by atoms with E-state index in [4.69, 9.17) is 9.97 Å². The molecule has 0 amide bonds. The van der Waals surface area contributed by atoms with E-state index in [2.05, 4.69) is 170 Å². The number of para-hydroxylation sites is 1. The Morgan fingerprint density at radius 3 is 2.08 bits per heavy atom. The molecular weight excluding hydrogens is 651 g/mol. The van der Waals surface area contributed by atoms with Crippen LogP contribution in [0.15, 0.2) is 152 Å². The molecule has 0 N–H and O–H groups in total. The van der Waals surface area contributed by atoms with E-state index in [0.29, 0.717) is 5.95 Å². The number of hydrogen-bond acceptors (Lipinski definition) is 3.